The lowest BCUT2D eigenvalue weighted by Crippen LogP contribution is -1.86. The molecule has 1 nitrogen and oxygen atoms in total. The van der Waals surface area contributed by atoms with E-state index in [2.05, 4.69) is 15.9 Å². The van der Waals surface area contributed by atoms with Gasteiger partial charge in [0.15, 0.2) is 0 Å². The van der Waals surface area contributed by atoms with Crippen LogP contribution in [0.3, 0.4) is 0 Å². The van der Waals surface area contributed by atoms with Crippen LogP contribution in [0.5, 0.6) is 5.75 Å². The average molecular weight is 217 g/mol. The molecule has 3 heteroatoms. The number of benzene rings is 1. The molecule has 1 aliphatic heterocycles. The van der Waals surface area contributed by atoms with E-state index < -0.39 is 0 Å². The predicted octanol–water partition coefficient (Wildman–Crippen LogP) is 2.52. The van der Waals surface area contributed by atoms with Gasteiger partial charge >= 0.3 is 0 Å². The summed E-state index contributed by atoms with van der Waals surface area (Å²) in [6.07, 6.45) is 0.799. The summed E-state index contributed by atoms with van der Waals surface area (Å²) in [6.45, 7) is 0.664. The molecule has 11 heavy (non-hydrogen) atoms. The minimum Gasteiger partial charge on any atom is -0.493 e. The molecule has 0 radical (unpaired) electrons. The van der Waals surface area contributed by atoms with Gasteiger partial charge in [0.05, 0.1) is 11.1 Å². The smallest absolute Gasteiger partial charge is 0.137 e. The Morgan fingerprint density at radius 3 is 3.09 bits per heavy atom. The third-order valence-electron chi connectivity index (χ3n) is 1.76. The van der Waals surface area contributed by atoms with E-state index in [1.165, 1.54) is 6.07 Å². The monoisotopic (exact) mass is 216 g/mol. The number of rotatable bonds is 0. The maximum Gasteiger partial charge on any atom is 0.137 e. The molecule has 0 bridgehead atoms. The molecule has 0 unspecified atom stereocenters. The summed E-state index contributed by atoms with van der Waals surface area (Å²) in [5.41, 5.74) is 0.949. The Labute approximate surface area is 72.3 Å². The molecule has 0 spiro atoms. The summed E-state index contributed by atoms with van der Waals surface area (Å²) in [4.78, 5) is 0. The van der Waals surface area contributed by atoms with Crippen molar-refractivity contribution in [1.29, 1.82) is 0 Å². The Morgan fingerprint density at radius 2 is 2.27 bits per heavy atom. The predicted molar refractivity (Wildman–Crippen MR) is 43.3 cm³/mol. The van der Waals surface area contributed by atoms with E-state index in [0.717, 1.165) is 17.7 Å². The molecule has 2 rings (SSSR count). The van der Waals surface area contributed by atoms with E-state index in [4.69, 9.17) is 4.74 Å². The van der Waals surface area contributed by atoms with Crippen molar-refractivity contribution in [3.8, 4) is 5.75 Å². The Morgan fingerprint density at radius 1 is 1.45 bits per heavy atom. The van der Waals surface area contributed by atoms with Crippen molar-refractivity contribution in [3.05, 3.63) is 28.0 Å². The zero-order valence-corrected chi connectivity index (χ0v) is 7.32. The van der Waals surface area contributed by atoms with Crippen molar-refractivity contribution in [3.63, 3.8) is 0 Å². The van der Waals surface area contributed by atoms with Crippen LogP contribution in [0.1, 0.15) is 5.56 Å². The average Bonchev–Trinajstić information content (AvgIpc) is 2.45. The lowest BCUT2D eigenvalue weighted by molar-refractivity contribution is 0.356. The Kier molecular flexibility index (Phi) is 1.60. The molecule has 0 saturated carbocycles. The molecule has 58 valence electrons. The van der Waals surface area contributed by atoms with E-state index in [-0.39, 0.29) is 5.82 Å². The topological polar surface area (TPSA) is 9.23 Å². The Hall–Kier alpha value is -0.570. The minimum atomic E-state index is -0.214. The summed E-state index contributed by atoms with van der Waals surface area (Å²) in [7, 11) is 0. The molecule has 1 heterocycles. The van der Waals surface area contributed by atoms with Gasteiger partial charge in [-0.1, -0.05) is 0 Å². The van der Waals surface area contributed by atoms with Gasteiger partial charge in [-0.3, -0.25) is 0 Å². The highest BCUT2D eigenvalue weighted by Crippen LogP contribution is 2.33. The van der Waals surface area contributed by atoms with Crippen molar-refractivity contribution in [2.24, 2.45) is 0 Å². The summed E-state index contributed by atoms with van der Waals surface area (Å²) >= 11 is 3.18. The highest BCUT2D eigenvalue weighted by molar-refractivity contribution is 9.10. The second kappa shape index (κ2) is 2.48. The van der Waals surface area contributed by atoms with Crippen LogP contribution < -0.4 is 4.74 Å². The zero-order chi connectivity index (χ0) is 7.84. The summed E-state index contributed by atoms with van der Waals surface area (Å²) in [5.74, 6) is 0.590. The first-order chi connectivity index (χ1) is 5.29. The number of halogens is 2. The van der Waals surface area contributed by atoms with Crippen molar-refractivity contribution >= 4 is 15.9 Å². The van der Waals surface area contributed by atoms with E-state index in [1.54, 1.807) is 6.07 Å². The maximum atomic E-state index is 12.9. The standard InChI is InChI=1S/C8H6BrFO/c9-8-5-3-4-11-7(5)2-1-6(8)10/h1-2H,3-4H2. The second-order valence-corrected chi connectivity index (χ2v) is 3.23. The third-order valence-corrected chi connectivity index (χ3v) is 2.62. The zero-order valence-electron chi connectivity index (χ0n) is 5.73. The van der Waals surface area contributed by atoms with E-state index in [0.29, 0.717) is 11.1 Å². The number of ether oxygens (including phenoxy) is 1. The van der Waals surface area contributed by atoms with Gasteiger partial charge in [-0.25, -0.2) is 4.39 Å². The molecule has 0 fully saturated rings. The van der Waals surface area contributed by atoms with Gasteiger partial charge in [-0.15, -0.1) is 0 Å². The van der Waals surface area contributed by atoms with Crippen LogP contribution in [-0.2, 0) is 6.42 Å². The van der Waals surface area contributed by atoms with E-state index in [9.17, 15) is 4.39 Å². The van der Waals surface area contributed by atoms with Crippen molar-refractivity contribution in [1.82, 2.24) is 0 Å². The van der Waals surface area contributed by atoms with Gasteiger partial charge in [-0.05, 0) is 28.1 Å². The highest BCUT2D eigenvalue weighted by Gasteiger charge is 2.17. The number of fused-ring (bicyclic) bond motifs is 1. The minimum absolute atomic E-state index is 0.214. The Balaban J connectivity index is 2.62. The van der Waals surface area contributed by atoms with Crippen LogP contribution in [0, 0.1) is 5.82 Å². The SMILES string of the molecule is Fc1ccc2c(c1Br)CCO2. The van der Waals surface area contributed by atoms with Crippen LogP contribution in [0.2, 0.25) is 0 Å². The fourth-order valence-electron chi connectivity index (χ4n) is 1.21. The first kappa shape index (κ1) is 7.10. The van der Waals surface area contributed by atoms with Gasteiger partial charge < -0.3 is 4.74 Å². The van der Waals surface area contributed by atoms with Crippen molar-refractivity contribution < 1.29 is 9.13 Å². The third kappa shape index (κ3) is 1.03. The molecule has 0 aromatic heterocycles. The molecule has 0 N–H and O–H groups in total. The lowest BCUT2D eigenvalue weighted by atomic mass is 10.2. The second-order valence-electron chi connectivity index (χ2n) is 2.44. The molecule has 1 aromatic rings. The largest absolute Gasteiger partial charge is 0.493 e. The molecule has 0 aliphatic carbocycles. The quantitative estimate of drug-likeness (QED) is 0.648. The fraction of sp³-hybridized carbons (Fsp3) is 0.250. The molecule has 1 aliphatic rings. The van der Waals surface area contributed by atoms with Gasteiger partial charge in [0.25, 0.3) is 0 Å². The first-order valence-electron chi connectivity index (χ1n) is 3.39. The summed E-state index contributed by atoms with van der Waals surface area (Å²) in [5, 5.41) is 0. The Bertz CT molecular complexity index is 298. The molecule has 1 aromatic carbocycles. The number of hydrogen-bond acceptors (Lipinski definition) is 1. The van der Waals surface area contributed by atoms with Crippen LogP contribution in [0.15, 0.2) is 16.6 Å². The van der Waals surface area contributed by atoms with Gasteiger partial charge in [0.2, 0.25) is 0 Å². The molecule has 0 atom stereocenters. The molecular weight excluding hydrogens is 211 g/mol. The maximum absolute atomic E-state index is 12.9. The summed E-state index contributed by atoms with van der Waals surface area (Å²) < 4.78 is 18.7. The van der Waals surface area contributed by atoms with Crippen molar-refractivity contribution in [2.75, 3.05) is 6.61 Å². The normalized spacial score (nSPS) is 14.4. The van der Waals surface area contributed by atoms with Crippen LogP contribution in [0.25, 0.3) is 0 Å². The van der Waals surface area contributed by atoms with E-state index >= 15 is 0 Å². The van der Waals surface area contributed by atoms with Crippen LogP contribution >= 0.6 is 15.9 Å². The van der Waals surface area contributed by atoms with Gasteiger partial charge in [0, 0.05) is 12.0 Å². The molecular formula is C8H6BrFO. The van der Waals surface area contributed by atoms with Crippen LogP contribution in [-0.4, -0.2) is 6.61 Å². The van der Waals surface area contributed by atoms with Crippen molar-refractivity contribution in [2.45, 2.75) is 6.42 Å². The van der Waals surface area contributed by atoms with Gasteiger partial charge in [0.1, 0.15) is 11.6 Å². The first-order valence-corrected chi connectivity index (χ1v) is 4.18. The lowest BCUT2D eigenvalue weighted by Gasteiger charge is -2.00. The van der Waals surface area contributed by atoms with Gasteiger partial charge in [-0.2, -0.15) is 0 Å². The number of hydrogen-bond donors (Lipinski definition) is 0. The summed E-state index contributed by atoms with van der Waals surface area (Å²) in [6, 6.07) is 3.08. The van der Waals surface area contributed by atoms with Crippen LogP contribution in [0.4, 0.5) is 4.39 Å². The molecule has 0 amide bonds. The molecule has 0 saturated heterocycles. The fourth-order valence-corrected chi connectivity index (χ4v) is 1.73. The highest BCUT2D eigenvalue weighted by atomic mass is 79.9. The van der Waals surface area contributed by atoms with E-state index in [1.807, 2.05) is 0 Å².